The predicted molar refractivity (Wildman–Crippen MR) is 92.7 cm³/mol. The van der Waals surface area contributed by atoms with Crippen LogP contribution in [0.25, 0.3) is 0 Å². The first-order valence-corrected chi connectivity index (χ1v) is 8.27. The Bertz CT molecular complexity index is 906. The molecule has 0 atom stereocenters. The number of hydrogen-bond donors (Lipinski definition) is 1. The summed E-state index contributed by atoms with van der Waals surface area (Å²) in [4.78, 5) is 16.2. The maximum atomic E-state index is 12.1. The quantitative estimate of drug-likeness (QED) is 0.516. The van der Waals surface area contributed by atoms with Crippen molar-refractivity contribution in [3.63, 3.8) is 0 Å². The van der Waals surface area contributed by atoms with Gasteiger partial charge in [0.1, 0.15) is 11.6 Å². The van der Waals surface area contributed by atoms with E-state index in [4.69, 9.17) is 12.2 Å². The molecule has 0 fully saturated rings. The van der Waals surface area contributed by atoms with Crippen LogP contribution in [0.1, 0.15) is 5.56 Å². The summed E-state index contributed by atoms with van der Waals surface area (Å²) < 4.78 is 3.75. The Morgan fingerprint density at radius 1 is 1.30 bits per heavy atom. The minimum atomic E-state index is -0.557. The van der Waals surface area contributed by atoms with Crippen LogP contribution >= 0.6 is 24.0 Å². The van der Waals surface area contributed by atoms with Crippen molar-refractivity contribution < 1.29 is 4.79 Å². The van der Waals surface area contributed by atoms with Gasteiger partial charge in [-0.3, -0.25) is 0 Å². The highest BCUT2D eigenvalue weighted by atomic mass is 32.2. The second kappa shape index (κ2) is 7.26. The Kier molecular flexibility index (Phi) is 5.36. The highest BCUT2D eigenvalue weighted by Gasteiger charge is 2.12. The second-order valence-electron chi connectivity index (χ2n) is 4.63. The van der Waals surface area contributed by atoms with Crippen molar-refractivity contribution in [3.8, 4) is 6.07 Å². The SMILES string of the molecule is CSc1c(C#N)/c(=N/C(=O)Nc2ccccc2)n(C)c(=S)n1C. The molecule has 0 aliphatic heterocycles. The van der Waals surface area contributed by atoms with Gasteiger partial charge in [-0.2, -0.15) is 10.3 Å². The van der Waals surface area contributed by atoms with E-state index in [1.165, 1.54) is 11.8 Å². The molecule has 0 saturated heterocycles. The van der Waals surface area contributed by atoms with Crippen molar-refractivity contribution in [1.29, 1.82) is 5.26 Å². The lowest BCUT2D eigenvalue weighted by Gasteiger charge is -2.12. The third kappa shape index (κ3) is 3.52. The molecule has 0 unspecified atom stereocenters. The number of anilines is 1. The molecule has 0 bridgehead atoms. The van der Waals surface area contributed by atoms with Crippen LogP contribution < -0.4 is 10.8 Å². The normalized spacial score (nSPS) is 11.1. The molecule has 8 heteroatoms. The summed E-state index contributed by atoms with van der Waals surface area (Å²) in [6, 6.07) is 10.5. The van der Waals surface area contributed by atoms with Gasteiger partial charge in [0.15, 0.2) is 10.3 Å². The lowest BCUT2D eigenvalue weighted by Crippen LogP contribution is -2.29. The first kappa shape index (κ1) is 17.0. The summed E-state index contributed by atoms with van der Waals surface area (Å²) in [5.74, 6) is 0. The summed E-state index contributed by atoms with van der Waals surface area (Å²) in [5, 5.41) is 12.8. The van der Waals surface area contributed by atoms with Crippen LogP contribution in [-0.4, -0.2) is 21.4 Å². The third-order valence-corrected chi connectivity index (χ3v) is 4.58. The smallest absolute Gasteiger partial charge is 0.315 e. The van der Waals surface area contributed by atoms with Gasteiger partial charge in [0.2, 0.25) is 0 Å². The van der Waals surface area contributed by atoms with Crippen LogP contribution in [0.15, 0.2) is 40.4 Å². The van der Waals surface area contributed by atoms with Gasteiger partial charge in [-0.15, -0.1) is 11.8 Å². The van der Waals surface area contributed by atoms with Gasteiger partial charge in [-0.05, 0) is 30.6 Å². The molecular formula is C15H15N5OS2. The summed E-state index contributed by atoms with van der Waals surface area (Å²) in [5.41, 5.74) is 1.19. The molecule has 1 N–H and O–H groups in total. The number of nitriles is 1. The van der Waals surface area contributed by atoms with Crippen LogP contribution in [0.5, 0.6) is 0 Å². The molecule has 6 nitrogen and oxygen atoms in total. The van der Waals surface area contributed by atoms with E-state index < -0.39 is 6.03 Å². The summed E-state index contributed by atoms with van der Waals surface area (Å²) in [7, 11) is 3.46. The average Bonchev–Trinajstić information content (AvgIpc) is 2.56. The first-order chi connectivity index (χ1) is 11.0. The maximum Gasteiger partial charge on any atom is 0.347 e. The topological polar surface area (TPSA) is 75.1 Å². The van der Waals surface area contributed by atoms with Gasteiger partial charge in [0.25, 0.3) is 0 Å². The molecule has 1 aromatic heterocycles. The lowest BCUT2D eigenvalue weighted by molar-refractivity contribution is 0.258. The summed E-state index contributed by atoms with van der Waals surface area (Å²) in [6.45, 7) is 0. The van der Waals surface area contributed by atoms with Crippen molar-refractivity contribution in [2.45, 2.75) is 5.03 Å². The minimum absolute atomic E-state index is 0.244. The molecule has 1 heterocycles. The number of rotatable bonds is 2. The fourth-order valence-electron chi connectivity index (χ4n) is 2.07. The largest absolute Gasteiger partial charge is 0.347 e. The number of thioether (sulfide) groups is 1. The molecule has 2 amide bonds. The van der Waals surface area contributed by atoms with Gasteiger partial charge in [0.05, 0.1) is 5.03 Å². The zero-order valence-corrected chi connectivity index (χ0v) is 14.5. The van der Waals surface area contributed by atoms with E-state index in [1.54, 1.807) is 35.4 Å². The Morgan fingerprint density at radius 2 is 1.96 bits per heavy atom. The van der Waals surface area contributed by atoms with Gasteiger partial charge in [-0.25, -0.2) is 4.79 Å². The molecule has 2 rings (SSSR count). The number of amides is 2. The molecule has 0 aliphatic rings. The van der Waals surface area contributed by atoms with Crippen LogP contribution in [-0.2, 0) is 14.1 Å². The fraction of sp³-hybridized carbons (Fsp3) is 0.200. The fourth-order valence-corrected chi connectivity index (χ4v) is 3.01. The Hall–Kier alpha value is -2.37. The monoisotopic (exact) mass is 345 g/mol. The van der Waals surface area contributed by atoms with Crippen LogP contribution in [0.4, 0.5) is 10.5 Å². The van der Waals surface area contributed by atoms with E-state index in [9.17, 15) is 10.1 Å². The molecule has 0 radical (unpaired) electrons. The van der Waals surface area contributed by atoms with Crippen molar-refractivity contribution in [2.24, 2.45) is 19.1 Å². The number of carbonyl (C=O) groups excluding carboxylic acids is 1. The van der Waals surface area contributed by atoms with E-state index in [-0.39, 0.29) is 5.49 Å². The predicted octanol–water partition coefficient (Wildman–Crippen LogP) is 2.82. The number of benzene rings is 1. The second-order valence-corrected chi connectivity index (χ2v) is 5.79. The average molecular weight is 345 g/mol. The highest BCUT2D eigenvalue weighted by molar-refractivity contribution is 7.98. The van der Waals surface area contributed by atoms with Crippen molar-refractivity contribution in [3.05, 3.63) is 46.2 Å². The van der Waals surface area contributed by atoms with Crippen molar-refractivity contribution in [2.75, 3.05) is 11.6 Å². The lowest BCUT2D eigenvalue weighted by atomic mass is 10.3. The Balaban J connectivity index is 2.59. The molecule has 0 spiro atoms. The van der Waals surface area contributed by atoms with E-state index in [1.807, 2.05) is 24.5 Å². The molecular weight excluding hydrogens is 330 g/mol. The van der Waals surface area contributed by atoms with Gasteiger partial charge >= 0.3 is 6.03 Å². The van der Waals surface area contributed by atoms with Gasteiger partial charge in [0, 0.05) is 19.8 Å². The van der Waals surface area contributed by atoms with Gasteiger partial charge < -0.3 is 14.5 Å². The standard InChI is InChI=1S/C15H15N5OS2/c1-19-12(11(9-16)13(23-3)20(2)15(19)22)18-14(21)17-10-7-5-4-6-8-10/h4-8H,1-3H3,(H,17,21)/b18-12-. The highest BCUT2D eigenvalue weighted by Crippen LogP contribution is 2.16. The zero-order chi connectivity index (χ0) is 17.0. The van der Waals surface area contributed by atoms with Gasteiger partial charge in [-0.1, -0.05) is 18.2 Å². The Morgan fingerprint density at radius 3 is 2.52 bits per heavy atom. The number of aromatic nitrogens is 2. The molecule has 0 saturated carbocycles. The van der Waals surface area contributed by atoms with Crippen LogP contribution in [0.2, 0.25) is 0 Å². The number of carbonyl (C=O) groups is 1. The van der Waals surface area contributed by atoms with Crippen molar-refractivity contribution in [1.82, 2.24) is 9.13 Å². The Labute approximate surface area is 143 Å². The van der Waals surface area contributed by atoms with E-state index in [0.717, 1.165) is 0 Å². The number of para-hydroxylation sites is 1. The van der Waals surface area contributed by atoms with E-state index in [2.05, 4.69) is 16.4 Å². The van der Waals surface area contributed by atoms with E-state index >= 15 is 0 Å². The summed E-state index contributed by atoms with van der Waals surface area (Å²) >= 11 is 6.72. The third-order valence-electron chi connectivity index (χ3n) is 3.17. The number of urea groups is 1. The first-order valence-electron chi connectivity index (χ1n) is 6.64. The maximum absolute atomic E-state index is 12.1. The molecule has 0 aliphatic carbocycles. The zero-order valence-electron chi connectivity index (χ0n) is 12.9. The van der Waals surface area contributed by atoms with Crippen LogP contribution in [0.3, 0.4) is 0 Å². The van der Waals surface area contributed by atoms with E-state index in [0.29, 0.717) is 21.0 Å². The summed E-state index contributed by atoms with van der Waals surface area (Å²) in [6.07, 6.45) is 1.85. The molecule has 118 valence electrons. The minimum Gasteiger partial charge on any atom is -0.315 e. The van der Waals surface area contributed by atoms with Crippen molar-refractivity contribution >= 4 is 35.7 Å². The molecule has 23 heavy (non-hydrogen) atoms. The number of nitrogens with zero attached hydrogens (tertiary/aromatic N) is 4. The number of hydrogen-bond acceptors (Lipinski definition) is 4. The number of nitrogens with one attached hydrogen (secondary N) is 1. The van der Waals surface area contributed by atoms with Crippen LogP contribution in [0, 0.1) is 16.1 Å². The molecule has 2 aromatic rings. The molecule has 1 aromatic carbocycles.